The molecule has 0 aliphatic carbocycles. The highest BCUT2D eigenvalue weighted by Gasteiger charge is 2.20. The summed E-state index contributed by atoms with van der Waals surface area (Å²) in [6.07, 6.45) is 1.13. The second-order valence-corrected chi connectivity index (χ2v) is 8.15. The van der Waals surface area contributed by atoms with Crippen molar-refractivity contribution < 1.29 is 14.0 Å². The molecule has 4 aromatic rings. The van der Waals surface area contributed by atoms with Crippen LogP contribution in [0.2, 0.25) is 0 Å². The Kier molecular flexibility index (Phi) is 4.28. The van der Waals surface area contributed by atoms with Crippen LogP contribution in [0.4, 0.5) is 15.2 Å². The van der Waals surface area contributed by atoms with E-state index in [1.165, 1.54) is 17.4 Å². The third-order valence-electron chi connectivity index (χ3n) is 4.92. The number of nitrogens with zero attached hydrogens (tertiary/aromatic N) is 3. The van der Waals surface area contributed by atoms with Crippen LogP contribution in [0, 0.1) is 12.7 Å². The smallest absolute Gasteiger partial charge is 0.259 e. The molecule has 0 bridgehead atoms. The van der Waals surface area contributed by atoms with Gasteiger partial charge in [0.1, 0.15) is 16.9 Å². The maximum atomic E-state index is 13.8. The Hall–Kier alpha value is -3.66. The summed E-state index contributed by atoms with van der Waals surface area (Å²) < 4.78 is 13.8. The molecule has 10 heteroatoms. The van der Waals surface area contributed by atoms with Gasteiger partial charge in [0, 0.05) is 28.6 Å². The molecule has 2 aromatic heterocycles. The predicted molar refractivity (Wildman–Crippen MR) is 111 cm³/mol. The molecule has 2 amide bonds. The SMILES string of the molecule is Cc1sc(NC(=O)c2cc(F)cc3n[nH]nc23)nc1-c1ccc2c(c1)CCC(=O)N2. The first-order valence-electron chi connectivity index (χ1n) is 9.20. The summed E-state index contributed by atoms with van der Waals surface area (Å²) in [5, 5.41) is 16.2. The van der Waals surface area contributed by atoms with Gasteiger partial charge in [-0.15, -0.1) is 11.3 Å². The highest BCUT2D eigenvalue weighted by atomic mass is 32.1. The maximum absolute atomic E-state index is 13.8. The number of H-pyrrole nitrogens is 1. The third-order valence-corrected chi connectivity index (χ3v) is 5.81. The summed E-state index contributed by atoms with van der Waals surface area (Å²) in [5.41, 5.74) is 4.18. The molecule has 0 fully saturated rings. The van der Waals surface area contributed by atoms with Crippen LogP contribution in [-0.2, 0) is 11.2 Å². The Morgan fingerprint density at radius 2 is 2.07 bits per heavy atom. The van der Waals surface area contributed by atoms with Gasteiger partial charge in [-0.3, -0.25) is 14.9 Å². The van der Waals surface area contributed by atoms with Crippen molar-refractivity contribution in [2.24, 2.45) is 0 Å². The molecular weight excluding hydrogens is 407 g/mol. The number of anilines is 2. The molecule has 150 valence electrons. The zero-order valence-electron chi connectivity index (χ0n) is 15.7. The lowest BCUT2D eigenvalue weighted by molar-refractivity contribution is -0.116. The van der Waals surface area contributed by atoms with Crippen LogP contribution < -0.4 is 10.6 Å². The zero-order valence-corrected chi connectivity index (χ0v) is 16.6. The number of amides is 2. The van der Waals surface area contributed by atoms with Crippen LogP contribution in [-0.4, -0.2) is 32.2 Å². The van der Waals surface area contributed by atoms with Crippen LogP contribution in [0.25, 0.3) is 22.3 Å². The first-order valence-corrected chi connectivity index (χ1v) is 10.0. The summed E-state index contributed by atoms with van der Waals surface area (Å²) in [6, 6.07) is 8.10. The summed E-state index contributed by atoms with van der Waals surface area (Å²) >= 11 is 1.33. The fourth-order valence-electron chi connectivity index (χ4n) is 3.50. The van der Waals surface area contributed by atoms with E-state index in [1.807, 2.05) is 25.1 Å². The minimum absolute atomic E-state index is 0.0173. The van der Waals surface area contributed by atoms with Gasteiger partial charge in [-0.1, -0.05) is 6.07 Å². The molecule has 1 aliphatic rings. The predicted octanol–water partition coefficient (Wildman–Crippen LogP) is 3.67. The average molecular weight is 422 g/mol. The Labute approximate surface area is 173 Å². The number of halogens is 1. The average Bonchev–Trinajstić information content (AvgIpc) is 3.33. The number of aromatic nitrogens is 4. The number of benzene rings is 2. The second kappa shape index (κ2) is 6.99. The first kappa shape index (κ1) is 18.4. The molecule has 8 nitrogen and oxygen atoms in total. The van der Waals surface area contributed by atoms with Gasteiger partial charge in [0.25, 0.3) is 5.91 Å². The fourth-order valence-corrected chi connectivity index (χ4v) is 4.33. The first-order chi connectivity index (χ1) is 14.5. The highest BCUT2D eigenvalue weighted by molar-refractivity contribution is 7.16. The van der Waals surface area contributed by atoms with Gasteiger partial charge in [-0.2, -0.15) is 15.4 Å². The van der Waals surface area contributed by atoms with E-state index < -0.39 is 11.7 Å². The summed E-state index contributed by atoms with van der Waals surface area (Å²) in [6.45, 7) is 1.92. The number of aryl methyl sites for hydroxylation is 2. The normalized spacial score (nSPS) is 13.2. The molecule has 0 unspecified atom stereocenters. The van der Waals surface area contributed by atoms with Crippen LogP contribution in [0.15, 0.2) is 30.3 Å². The standard InChI is InChI=1S/C20H15FN6O2S/c1-9-17(11-2-4-14-10(6-11)3-5-16(28)22-14)23-20(30-9)24-19(29)13-7-12(21)8-15-18(13)26-27-25-15/h2,4,6-8H,3,5H2,1H3,(H,22,28)(H,23,24,29)(H,25,26,27). The van der Waals surface area contributed by atoms with Crippen molar-refractivity contribution >= 4 is 45.0 Å². The lowest BCUT2D eigenvalue weighted by Crippen LogP contribution is -2.18. The van der Waals surface area contributed by atoms with Crippen molar-refractivity contribution in [1.29, 1.82) is 0 Å². The van der Waals surface area contributed by atoms with Crippen molar-refractivity contribution in [3.05, 3.63) is 52.2 Å². The molecular formula is C20H15FN6O2S. The highest BCUT2D eigenvalue weighted by Crippen LogP contribution is 2.34. The van der Waals surface area contributed by atoms with Crippen molar-refractivity contribution in [2.45, 2.75) is 19.8 Å². The van der Waals surface area contributed by atoms with E-state index in [1.54, 1.807) is 0 Å². The van der Waals surface area contributed by atoms with Gasteiger partial charge in [-0.25, -0.2) is 9.37 Å². The number of carbonyl (C=O) groups is 2. The summed E-state index contributed by atoms with van der Waals surface area (Å²) in [7, 11) is 0. The topological polar surface area (TPSA) is 113 Å². The van der Waals surface area contributed by atoms with E-state index >= 15 is 0 Å². The van der Waals surface area contributed by atoms with Crippen molar-refractivity contribution in [1.82, 2.24) is 20.4 Å². The van der Waals surface area contributed by atoms with E-state index in [2.05, 4.69) is 31.0 Å². The number of carbonyl (C=O) groups excluding carboxylic acids is 2. The molecule has 0 spiro atoms. The van der Waals surface area contributed by atoms with E-state index in [-0.39, 0.29) is 17.0 Å². The number of fused-ring (bicyclic) bond motifs is 2. The van der Waals surface area contributed by atoms with Gasteiger partial charge in [-0.05, 0) is 37.1 Å². The van der Waals surface area contributed by atoms with Gasteiger partial charge >= 0.3 is 0 Å². The number of hydrogen-bond acceptors (Lipinski definition) is 6. The molecule has 2 aromatic carbocycles. The lowest BCUT2D eigenvalue weighted by Gasteiger charge is -2.17. The maximum Gasteiger partial charge on any atom is 0.259 e. The fraction of sp³-hybridized carbons (Fsp3) is 0.150. The minimum atomic E-state index is -0.571. The molecule has 30 heavy (non-hydrogen) atoms. The van der Waals surface area contributed by atoms with Gasteiger partial charge in [0.2, 0.25) is 5.91 Å². The molecule has 0 saturated heterocycles. The number of hydrogen-bond donors (Lipinski definition) is 3. The Morgan fingerprint density at radius 3 is 2.93 bits per heavy atom. The molecule has 5 rings (SSSR count). The number of thiazole rings is 1. The number of aromatic amines is 1. The van der Waals surface area contributed by atoms with Crippen LogP contribution >= 0.6 is 11.3 Å². The number of nitrogens with one attached hydrogen (secondary N) is 3. The van der Waals surface area contributed by atoms with Gasteiger partial charge in [0.05, 0.1) is 11.3 Å². The van der Waals surface area contributed by atoms with Gasteiger partial charge in [0.15, 0.2) is 5.13 Å². The van der Waals surface area contributed by atoms with Crippen LogP contribution in [0.1, 0.15) is 27.2 Å². The number of rotatable bonds is 3. The van der Waals surface area contributed by atoms with Gasteiger partial charge < -0.3 is 5.32 Å². The van der Waals surface area contributed by atoms with Crippen molar-refractivity contribution in [2.75, 3.05) is 10.6 Å². The van der Waals surface area contributed by atoms with Crippen molar-refractivity contribution in [3.63, 3.8) is 0 Å². The molecule has 0 saturated carbocycles. The third kappa shape index (κ3) is 3.20. The molecule has 1 aliphatic heterocycles. The Bertz CT molecular complexity index is 1330. The monoisotopic (exact) mass is 422 g/mol. The summed E-state index contributed by atoms with van der Waals surface area (Å²) in [4.78, 5) is 29.8. The molecule has 3 N–H and O–H groups in total. The van der Waals surface area contributed by atoms with Crippen LogP contribution in [0.5, 0.6) is 0 Å². The molecule has 0 radical (unpaired) electrons. The lowest BCUT2D eigenvalue weighted by atomic mass is 9.99. The van der Waals surface area contributed by atoms with E-state index in [0.29, 0.717) is 23.5 Å². The molecule has 0 atom stereocenters. The quantitative estimate of drug-likeness (QED) is 0.466. The summed E-state index contributed by atoms with van der Waals surface area (Å²) in [5.74, 6) is -1.07. The van der Waals surface area contributed by atoms with E-state index in [9.17, 15) is 14.0 Å². The zero-order chi connectivity index (χ0) is 20.8. The molecule has 3 heterocycles. The van der Waals surface area contributed by atoms with E-state index in [4.69, 9.17) is 0 Å². The van der Waals surface area contributed by atoms with E-state index in [0.717, 1.165) is 33.5 Å². The van der Waals surface area contributed by atoms with Crippen LogP contribution in [0.3, 0.4) is 0 Å². The Balaban J connectivity index is 1.44. The van der Waals surface area contributed by atoms with Crippen molar-refractivity contribution in [3.8, 4) is 11.3 Å². The Morgan fingerprint density at radius 1 is 1.20 bits per heavy atom. The second-order valence-electron chi connectivity index (χ2n) is 6.94. The largest absolute Gasteiger partial charge is 0.326 e. The minimum Gasteiger partial charge on any atom is -0.326 e.